The fourth-order valence-corrected chi connectivity index (χ4v) is 6.69. The third kappa shape index (κ3) is 5.73. The van der Waals surface area contributed by atoms with Gasteiger partial charge in [-0.2, -0.15) is 0 Å². The standard InChI is InChI=1S/C25H34N2O9S/c1-6-7-9-14-17(28)35-25(4,5)36-22(30)19-24(2,3)37(32,33)21-18(20(29)27(19)21)26-23(31)34-15-16-12-10-8-11-13-16/h8,10-13,18-19,21H,6-7,9,14-15H2,1-5H3,(H,26,31)/t18?,19-,21+/m0/s1. The summed E-state index contributed by atoms with van der Waals surface area (Å²) in [7, 11) is -4.12. The molecule has 0 aliphatic carbocycles. The number of rotatable bonds is 10. The van der Waals surface area contributed by atoms with E-state index < -0.39 is 61.8 Å². The molecule has 2 aliphatic rings. The number of unbranched alkanes of at least 4 members (excludes halogenated alkanes) is 2. The third-order valence-electron chi connectivity index (χ3n) is 6.47. The number of benzene rings is 1. The molecule has 0 aromatic heterocycles. The molecule has 0 saturated carbocycles. The zero-order valence-electron chi connectivity index (χ0n) is 21.7. The minimum absolute atomic E-state index is 0.0680. The Morgan fingerprint density at radius 3 is 2.35 bits per heavy atom. The van der Waals surface area contributed by atoms with Crippen LogP contribution in [0.4, 0.5) is 4.79 Å². The molecule has 2 heterocycles. The van der Waals surface area contributed by atoms with Gasteiger partial charge in [-0.3, -0.25) is 9.59 Å². The number of esters is 2. The van der Waals surface area contributed by atoms with Gasteiger partial charge in [0.1, 0.15) is 23.4 Å². The molecule has 2 saturated heterocycles. The molecule has 12 heteroatoms. The number of β-lactam (4-membered cyclic amide) rings is 1. The van der Waals surface area contributed by atoms with Crippen molar-refractivity contribution in [1.29, 1.82) is 0 Å². The van der Waals surface area contributed by atoms with Crippen molar-refractivity contribution in [3.05, 3.63) is 35.9 Å². The number of carbonyl (C=O) groups excluding carboxylic acids is 4. The van der Waals surface area contributed by atoms with Crippen molar-refractivity contribution in [2.75, 3.05) is 0 Å². The molecule has 1 aromatic carbocycles. The average molecular weight is 539 g/mol. The van der Waals surface area contributed by atoms with Gasteiger partial charge in [0, 0.05) is 20.3 Å². The van der Waals surface area contributed by atoms with Crippen molar-refractivity contribution in [3.8, 4) is 0 Å². The number of amides is 2. The molecular weight excluding hydrogens is 504 g/mol. The Balaban J connectivity index is 1.68. The number of alkyl carbamates (subject to hydrolysis) is 1. The quantitative estimate of drug-likeness (QED) is 0.205. The highest BCUT2D eigenvalue weighted by atomic mass is 32.2. The highest BCUT2D eigenvalue weighted by Crippen LogP contribution is 2.46. The van der Waals surface area contributed by atoms with E-state index in [-0.39, 0.29) is 13.0 Å². The fourth-order valence-electron chi connectivity index (χ4n) is 4.48. The summed E-state index contributed by atoms with van der Waals surface area (Å²) in [6.45, 7) is 7.28. The summed E-state index contributed by atoms with van der Waals surface area (Å²) in [6, 6.07) is 5.93. The van der Waals surface area contributed by atoms with Crippen LogP contribution in [0.3, 0.4) is 0 Å². The maximum Gasteiger partial charge on any atom is 0.408 e. The molecule has 11 nitrogen and oxygen atoms in total. The van der Waals surface area contributed by atoms with Crippen molar-refractivity contribution in [2.45, 2.75) is 94.9 Å². The smallest absolute Gasteiger partial charge is 0.408 e. The molecule has 3 atom stereocenters. The van der Waals surface area contributed by atoms with Crippen LogP contribution in [0.1, 0.15) is 65.9 Å². The summed E-state index contributed by atoms with van der Waals surface area (Å²) in [6.07, 6.45) is 1.58. The highest BCUT2D eigenvalue weighted by Gasteiger charge is 2.73. The van der Waals surface area contributed by atoms with E-state index in [9.17, 15) is 27.6 Å². The number of fused-ring (bicyclic) bond motifs is 1. The summed E-state index contributed by atoms with van der Waals surface area (Å²) in [5, 5.41) is 0.845. The second-order valence-electron chi connectivity index (χ2n) is 10.1. The minimum atomic E-state index is -4.12. The predicted molar refractivity (Wildman–Crippen MR) is 131 cm³/mol. The second-order valence-corrected chi connectivity index (χ2v) is 12.7. The predicted octanol–water partition coefficient (Wildman–Crippen LogP) is 2.43. The lowest BCUT2D eigenvalue weighted by Gasteiger charge is -2.43. The second kappa shape index (κ2) is 10.7. The van der Waals surface area contributed by atoms with Crippen LogP contribution in [0.25, 0.3) is 0 Å². The van der Waals surface area contributed by atoms with E-state index in [1.807, 2.05) is 6.92 Å². The topological polar surface area (TPSA) is 145 Å². The van der Waals surface area contributed by atoms with Gasteiger partial charge in [-0.1, -0.05) is 50.1 Å². The Morgan fingerprint density at radius 2 is 1.73 bits per heavy atom. The zero-order chi connectivity index (χ0) is 27.6. The zero-order valence-corrected chi connectivity index (χ0v) is 22.5. The molecule has 2 amide bonds. The summed E-state index contributed by atoms with van der Waals surface area (Å²) >= 11 is 0. The molecule has 0 bridgehead atoms. The fraction of sp³-hybridized carbons (Fsp3) is 0.600. The van der Waals surface area contributed by atoms with E-state index in [1.165, 1.54) is 27.7 Å². The van der Waals surface area contributed by atoms with Crippen LogP contribution in [0.15, 0.2) is 30.3 Å². The van der Waals surface area contributed by atoms with Crippen molar-refractivity contribution in [1.82, 2.24) is 10.2 Å². The van der Waals surface area contributed by atoms with Crippen molar-refractivity contribution >= 4 is 33.8 Å². The Hall–Kier alpha value is -3.15. The first-order valence-electron chi connectivity index (χ1n) is 12.2. The highest BCUT2D eigenvalue weighted by molar-refractivity contribution is 7.94. The van der Waals surface area contributed by atoms with Crippen LogP contribution < -0.4 is 5.32 Å². The van der Waals surface area contributed by atoms with E-state index in [1.54, 1.807) is 30.3 Å². The summed E-state index contributed by atoms with van der Waals surface area (Å²) < 4.78 is 40.7. The molecule has 0 radical (unpaired) electrons. The third-order valence-corrected chi connectivity index (χ3v) is 9.29. The van der Waals surface area contributed by atoms with Crippen LogP contribution in [-0.2, 0) is 45.0 Å². The minimum Gasteiger partial charge on any atom is -0.445 e. The molecule has 0 spiro atoms. The molecule has 3 rings (SSSR count). The molecule has 37 heavy (non-hydrogen) atoms. The van der Waals surface area contributed by atoms with Crippen molar-refractivity contribution in [2.24, 2.45) is 0 Å². The lowest BCUT2D eigenvalue weighted by Crippen LogP contribution is -2.72. The Morgan fingerprint density at radius 1 is 1.08 bits per heavy atom. The normalized spacial score (nSPS) is 23.4. The SMILES string of the molecule is CCCCCC(=O)OC(C)(C)OC(=O)[C@@H]1N2C(=O)C(NC(=O)OCc3ccccc3)[C@H]2S(=O)(=O)C1(C)C. The summed E-state index contributed by atoms with van der Waals surface area (Å²) in [5.74, 6) is -4.01. The largest absolute Gasteiger partial charge is 0.445 e. The van der Waals surface area contributed by atoms with E-state index >= 15 is 0 Å². The van der Waals surface area contributed by atoms with E-state index in [0.717, 1.165) is 17.7 Å². The van der Waals surface area contributed by atoms with Gasteiger partial charge in [0.25, 0.3) is 5.79 Å². The van der Waals surface area contributed by atoms with Gasteiger partial charge in [0.15, 0.2) is 15.2 Å². The van der Waals surface area contributed by atoms with Gasteiger partial charge >= 0.3 is 18.0 Å². The lowest BCUT2D eigenvalue weighted by molar-refractivity contribution is -0.221. The van der Waals surface area contributed by atoms with Crippen molar-refractivity contribution in [3.63, 3.8) is 0 Å². The van der Waals surface area contributed by atoms with Gasteiger partial charge in [-0.05, 0) is 25.8 Å². The number of ether oxygens (including phenoxy) is 3. The first kappa shape index (κ1) is 28.4. The molecular formula is C25H34N2O9S. The Kier molecular flexibility index (Phi) is 8.21. The Labute approximate surface area is 216 Å². The maximum absolute atomic E-state index is 13.3. The van der Waals surface area contributed by atoms with Crippen LogP contribution in [0.2, 0.25) is 0 Å². The number of sulfone groups is 1. The van der Waals surface area contributed by atoms with Gasteiger partial charge in [-0.15, -0.1) is 0 Å². The summed E-state index contributed by atoms with van der Waals surface area (Å²) in [5.41, 5.74) is 0.713. The maximum atomic E-state index is 13.3. The molecule has 2 fully saturated rings. The van der Waals surface area contributed by atoms with Crippen LogP contribution in [0.5, 0.6) is 0 Å². The van der Waals surface area contributed by atoms with Crippen molar-refractivity contribution < 1.29 is 41.8 Å². The van der Waals surface area contributed by atoms with E-state index in [0.29, 0.717) is 12.0 Å². The number of nitrogens with one attached hydrogen (secondary N) is 1. The first-order chi connectivity index (χ1) is 17.2. The molecule has 2 aliphatic heterocycles. The molecule has 1 unspecified atom stereocenters. The van der Waals surface area contributed by atoms with Gasteiger partial charge in [-0.25, -0.2) is 18.0 Å². The molecule has 1 aromatic rings. The molecule has 1 N–H and O–H groups in total. The number of carbonyl (C=O) groups is 4. The van der Waals surface area contributed by atoms with E-state index in [2.05, 4.69) is 5.32 Å². The van der Waals surface area contributed by atoms with Crippen LogP contribution in [0, 0.1) is 0 Å². The van der Waals surface area contributed by atoms with Gasteiger partial charge < -0.3 is 24.4 Å². The van der Waals surface area contributed by atoms with E-state index in [4.69, 9.17) is 14.2 Å². The molecule has 204 valence electrons. The number of nitrogens with zero attached hydrogens (tertiary/aromatic N) is 1. The Bertz CT molecular complexity index is 1150. The number of hydrogen-bond acceptors (Lipinski definition) is 9. The van der Waals surface area contributed by atoms with Crippen LogP contribution in [-0.4, -0.2) is 65.2 Å². The summed E-state index contributed by atoms with van der Waals surface area (Å²) in [4.78, 5) is 51.4. The monoisotopic (exact) mass is 538 g/mol. The number of hydrogen-bond donors (Lipinski definition) is 1. The van der Waals surface area contributed by atoms with Crippen LogP contribution >= 0.6 is 0 Å². The van der Waals surface area contributed by atoms with Gasteiger partial charge in [0.05, 0.1) is 0 Å². The average Bonchev–Trinajstić information content (AvgIpc) is 2.95. The lowest BCUT2D eigenvalue weighted by atomic mass is 9.96. The first-order valence-corrected chi connectivity index (χ1v) is 13.7. The van der Waals surface area contributed by atoms with Gasteiger partial charge in [0.2, 0.25) is 5.91 Å².